The molecule has 0 N–H and O–H groups in total. The summed E-state index contributed by atoms with van der Waals surface area (Å²) in [5, 5.41) is 0.456. The summed E-state index contributed by atoms with van der Waals surface area (Å²) in [6.45, 7) is 2.42. The third kappa shape index (κ3) is 3.62. The maximum atomic E-state index is 5.16. The second kappa shape index (κ2) is 6.22. The molecular weight excluding hydrogens is 228 g/mol. The van der Waals surface area contributed by atoms with E-state index in [2.05, 4.69) is 9.97 Å². The monoisotopic (exact) mass is 242 g/mol. The van der Waals surface area contributed by atoms with E-state index in [0.29, 0.717) is 35.7 Å². The Kier molecular flexibility index (Phi) is 4.91. The Hall–Kier alpha value is -1.43. The molecule has 0 amide bonds. The van der Waals surface area contributed by atoms with E-state index >= 15 is 0 Å². The second-order valence-corrected chi connectivity index (χ2v) is 3.31. The molecule has 1 aromatic heterocycles. The van der Waals surface area contributed by atoms with Crippen molar-refractivity contribution in [2.24, 2.45) is 0 Å². The third-order valence-electron chi connectivity index (χ3n) is 1.75. The Bertz CT molecular complexity index is 349. The standard InChI is InChI=1S/C10H14N2O3S/c1-4-15-10(16)5-7-11-8(13-2)6-9(12-7)14-3/h6H,4-5H2,1-3H3. The van der Waals surface area contributed by atoms with E-state index in [1.54, 1.807) is 6.07 Å². The summed E-state index contributed by atoms with van der Waals surface area (Å²) >= 11 is 5.01. The summed E-state index contributed by atoms with van der Waals surface area (Å²) in [4.78, 5) is 8.28. The largest absolute Gasteiger partial charge is 0.487 e. The van der Waals surface area contributed by atoms with Crippen LogP contribution in [0, 0.1) is 0 Å². The smallest absolute Gasteiger partial charge is 0.220 e. The van der Waals surface area contributed by atoms with E-state index in [4.69, 9.17) is 26.4 Å². The fraction of sp³-hybridized carbons (Fsp3) is 0.500. The van der Waals surface area contributed by atoms with E-state index in [1.165, 1.54) is 14.2 Å². The zero-order chi connectivity index (χ0) is 12.0. The number of hydrogen-bond acceptors (Lipinski definition) is 6. The molecule has 1 heterocycles. The van der Waals surface area contributed by atoms with Crippen molar-refractivity contribution in [2.45, 2.75) is 13.3 Å². The van der Waals surface area contributed by atoms with Crippen LogP contribution in [0.25, 0.3) is 0 Å². The fourth-order valence-electron chi connectivity index (χ4n) is 1.08. The number of thiocarbonyl (C=S) groups is 1. The summed E-state index contributed by atoms with van der Waals surface area (Å²) in [5.41, 5.74) is 0. The Labute approximate surface area is 99.8 Å². The predicted molar refractivity (Wildman–Crippen MR) is 63.1 cm³/mol. The highest BCUT2D eigenvalue weighted by Gasteiger charge is 2.08. The van der Waals surface area contributed by atoms with E-state index in [1.807, 2.05) is 6.92 Å². The highest BCUT2D eigenvalue weighted by molar-refractivity contribution is 7.80. The molecule has 0 radical (unpaired) electrons. The van der Waals surface area contributed by atoms with Gasteiger partial charge in [0.1, 0.15) is 5.82 Å². The van der Waals surface area contributed by atoms with Gasteiger partial charge in [0, 0.05) is 0 Å². The molecule has 16 heavy (non-hydrogen) atoms. The maximum absolute atomic E-state index is 5.16. The predicted octanol–water partition coefficient (Wildman–Crippen LogP) is 1.40. The number of nitrogens with zero attached hydrogens (tertiary/aromatic N) is 2. The third-order valence-corrected chi connectivity index (χ3v) is 2.01. The van der Waals surface area contributed by atoms with Crippen LogP contribution in [0.1, 0.15) is 12.7 Å². The van der Waals surface area contributed by atoms with Crippen molar-refractivity contribution in [3.8, 4) is 11.8 Å². The Balaban J connectivity index is 2.82. The Morgan fingerprint density at radius 2 is 1.81 bits per heavy atom. The van der Waals surface area contributed by atoms with Crippen molar-refractivity contribution in [3.05, 3.63) is 11.9 Å². The molecule has 0 unspecified atom stereocenters. The number of rotatable bonds is 5. The Morgan fingerprint density at radius 1 is 1.25 bits per heavy atom. The first-order chi connectivity index (χ1) is 7.69. The lowest BCUT2D eigenvalue weighted by Crippen LogP contribution is -2.09. The lowest BCUT2D eigenvalue weighted by atomic mass is 10.4. The van der Waals surface area contributed by atoms with Gasteiger partial charge >= 0.3 is 0 Å². The van der Waals surface area contributed by atoms with Gasteiger partial charge in [-0.1, -0.05) is 0 Å². The average molecular weight is 242 g/mol. The maximum Gasteiger partial charge on any atom is 0.220 e. The first kappa shape index (κ1) is 12.6. The molecule has 5 nitrogen and oxygen atoms in total. The normalized spacial score (nSPS) is 9.69. The zero-order valence-corrected chi connectivity index (χ0v) is 10.3. The van der Waals surface area contributed by atoms with Gasteiger partial charge in [-0.2, -0.15) is 9.97 Å². The summed E-state index contributed by atoms with van der Waals surface area (Å²) < 4.78 is 15.2. The van der Waals surface area contributed by atoms with Crippen LogP contribution in [0.5, 0.6) is 11.8 Å². The molecule has 88 valence electrons. The molecule has 0 aromatic carbocycles. The van der Waals surface area contributed by atoms with Crippen molar-refractivity contribution in [1.82, 2.24) is 9.97 Å². The van der Waals surface area contributed by atoms with Gasteiger partial charge in [-0.05, 0) is 19.1 Å². The van der Waals surface area contributed by atoms with Crippen LogP contribution >= 0.6 is 12.2 Å². The Morgan fingerprint density at radius 3 is 2.25 bits per heavy atom. The summed E-state index contributed by atoms with van der Waals surface area (Å²) in [6, 6.07) is 1.60. The van der Waals surface area contributed by atoms with Crippen molar-refractivity contribution in [2.75, 3.05) is 20.8 Å². The van der Waals surface area contributed by atoms with E-state index < -0.39 is 0 Å². The van der Waals surface area contributed by atoms with Crippen LogP contribution in [0.4, 0.5) is 0 Å². The lowest BCUT2D eigenvalue weighted by Gasteiger charge is -2.07. The summed E-state index contributed by atoms with van der Waals surface area (Å²) in [7, 11) is 3.07. The number of methoxy groups -OCH3 is 2. The molecule has 1 aromatic rings. The van der Waals surface area contributed by atoms with Gasteiger partial charge in [0.05, 0.1) is 33.3 Å². The fourth-order valence-corrected chi connectivity index (χ4v) is 1.33. The minimum atomic E-state index is 0.372. The van der Waals surface area contributed by atoms with Gasteiger partial charge in [-0.3, -0.25) is 0 Å². The van der Waals surface area contributed by atoms with Gasteiger partial charge in [-0.25, -0.2) is 0 Å². The highest BCUT2D eigenvalue weighted by Crippen LogP contribution is 2.15. The van der Waals surface area contributed by atoms with Crippen LogP contribution in [0.15, 0.2) is 6.07 Å². The van der Waals surface area contributed by atoms with Crippen LogP contribution in [-0.4, -0.2) is 35.8 Å². The molecule has 0 atom stereocenters. The molecular formula is C10H14N2O3S. The first-order valence-electron chi connectivity index (χ1n) is 4.81. The molecule has 0 bridgehead atoms. The molecule has 6 heteroatoms. The minimum absolute atomic E-state index is 0.372. The number of ether oxygens (including phenoxy) is 3. The van der Waals surface area contributed by atoms with Crippen LogP contribution in [-0.2, 0) is 11.2 Å². The second-order valence-electron chi connectivity index (χ2n) is 2.85. The van der Waals surface area contributed by atoms with E-state index in [9.17, 15) is 0 Å². The SMILES string of the molecule is CCOC(=S)Cc1nc(OC)cc(OC)n1. The summed E-state index contributed by atoms with van der Waals surface area (Å²) in [6.07, 6.45) is 0.372. The lowest BCUT2D eigenvalue weighted by molar-refractivity contribution is 0.327. The van der Waals surface area contributed by atoms with Crippen molar-refractivity contribution < 1.29 is 14.2 Å². The van der Waals surface area contributed by atoms with E-state index in [0.717, 1.165) is 0 Å². The van der Waals surface area contributed by atoms with E-state index in [-0.39, 0.29) is 0 Å². The van der Waals surface area contributed by atoms with Crippen LogP contribution < -0.4 is 9.47 Å². The first-order valence-corrected chi connectivity index (χ1v) is 5.22. The molecule has 0 spiro atoms. The van der Waals surface area contributed by atoms with Gasteiger partial charge in [-0.15, -0.1) is 0 Å². The van der Waals surface area contributed by atoms with Gasteiger partial charge in [0.2, 0.25) is 11.8 Å². The van der Waals surface area contributed by atoms with Crippen LogP contribution in [0.2, 0.25) is 0 Å². The molecule has 1 rings (SSSR count). The van der Waals surface area contributed by atoms with Gasteiger partial charge in [0.25, 0.3) is 0 Å². The van der Waals surface area contributed by atoms with Gasteiger partial charge < -0.3 is 14.2 Å². The topological polar surface area (TPSA) is 53.5 Å². The molecule has 0 aliphatic heterocycles. The minimum Gasteiger partial charge on any atom is -0.487 e. The van der Waals surface area contributed by atoms with Crippen LogP contribution in [0.3, 0.4) is 0 Å². The molecule has 0 saturated carbocycles. The number of hydrogen-bond donors (Lipinski definition) is 0. The molecule has 0 fully saturated rings. The quantitative estimate of drug-likeness (QED) is 0.727. The number of aromatic nitrogens is 2. The summed E-state index contributed by atoms with van der Waals surface area (Å²) in [5.74, 6) is 1.41. The average Bonchev–Trinajstić information content (AvgIpc) is 2.28. The molecule has 0 aliphatic rings. The van der Waals surface area contributed by atoms with Crippen molar-refractivity contribution >= 4 is 17.3 Å². The van der Waals surface area contributed by atoms with Gasteiger partial charge in [0.15, 0.2) is 5.05 Å². The zero-order valence-electron chi connectivity index (χ0n) is 9.52. The van der Waals surface area contributed by atoms with Crippen molar-refractivity contribution in [3.63, 3.8) is 0 Å². The van der Waals surface area contributed by atoms with Crippen molar-refractivity contribution in [1.29, 1.82) is 0 Å². The molecule has 0 saturated heterocycles. The highest BCUT2D eigenvalue weighted by atomic mass is 32.1. The molecule has 0 aliphatic carbocycles.